The van der Waals surface area contributed by atoms with E-state index >= 15 is 0 Å². The van der Waals surface area contributed by atoms with Crippen LogP contribution in [-0.2, 0) is 4.79 Å². The third-order valence-electron chi connectivity index (χ3n) is 3.96. The Labute approximate surface area is 131 Å². The molecule has 21 heavy (non-hydrogen) atoms. The Morgan fingerprint density at radius 2 is 2.00 bits per heavy atom. The molecule has 1 aromatic carbocycles. The Morgan fingerprint density at radius 3 is 2.57 bits per heavy atom. The molecule has 1 saturated heterocycles. The molecular formula is C15H23ClN4O. The number of benzene rings is 1. The van der Waals surface area contributed by atoms with Crippen molar-refractivity contribution in [2.75, 3.05) is 31.1 Å². The molecule has 2 rings (SSSR count). The fourth-order valence-electron chi connectivity index (χ4n) is 2.83. The second kappa shape index (κ2) is 7.64. The summed E-state index contributed by atoms with van der Waals surface area (Å²) in [6, 6.07) is 7.74. The van der Waals surface area contributed by atoms with Gasteiger partial charge >= 0.3 is 0 Å². The van der Waals surface area contributed by atoms with Gasteiger partial charge in [-0.1, -0.05) is 37.1 Å². The van der Waals surface area contributed by atoms with Gasteiger partial charge in [-0.15, -0.1) is 0 Å². The molecule has 0 spiro atoms. The van der Waals surface area contributed by atoms with Crippen LogP contribution in [0.15, 0.2) is 24.3 Å². The number of para-hydroxylation sites is 1. The predicted molar refractivity (Wildman–Crippen MR) is 86.3 cm³/mol. The van der Waals surface area contributed by atoms with Crippen LogP contribution >= 0.6 is 11.6 Å². The third-order valence-corrected chi connectivity index (χ3v) is 4.27. The smallest absolute Gasteiger partial charge is 0.251 e. The highest BCUT2D eigenvalue weighted by Crippen LogP contribution is 2.26. The van der Waals surface area contributed by atoms with Gasteiger partial charge < -0.3 is 4.90 Å². The number of hydrogen-bond acceptors (Lipinski definition) is 4. The molecule has 0 aromatic heterocycles. The van der Waals surface area contributed by atoms with Gasteiger partial charge in [0.1, 0.15) is 0 Å². The van der Waals surface area contributed by atoms with E-state index in [1.807, 2.05) is 24.3 Å². The lowest BCUT2D eigenvalue weighted by Crippen LogP contribution is -2.56. The Kier molecular flexibility index (Phi) is 5.85. The van der Waals surface area contributed by atoms with E-state index in [9.17, 15) is 4.79 Å². The number of carbonyl (C=O) groups is 1. The van der Waals surface area contributed by atoms with E-state index in [0.29, 0.717) is 0 Å². The average Bonchev–Trinajstić information content (AvgIpc) is 2.53. The number of hydrogen-bond donors (Lipinski definition) is 2. The predicted octanol–water partition coefficient (Wildman–Crippen LogP) is 1.62. The van der Waals surface area contributed by atoms with Crippen LogP contribution < -0.4 is 16.2 Å². The summed E-state index contributed by atoms with van der Waals surface area (Å²) in [5.74, 6) is 5.20. The highest BCUT2D eigenvalue weighted by atomic mass is 35.5. The molecule has 0 radical (unpaired) electrons. The van der Waals surface area contributed by atoms with Gasteiger partial charge in [-0.25, -0.2) is 5.84 Å². The molecule has 1 aromatic rings. The SMILES string of the molecule is CCCC(C(=O)NN)N1CCN(c2ccccc2Cl)CC1. The van der Waals surface area contributed by atoms with Gasteiger partial charge in [-0.3, -0.25) is 15.1 Å². The Hall–Kier alpha value is -1.30. The normalized spacial score (nSPS) is 17.6. The maximum Gasteiger partial charge on any atom is 0.251 e. The first-order chi connectivity index (χ1) is 10.2. The molecule has 5 nitrogen and oxygen atoms in total. The fourth-order valence-corrected chi connectivity index (χ4v) is 3.09. The van der Waals surface area contributed by atoms with Crippen LogP contribution in [0.25, 0.3) is 0 Å². The monoisotopic (exact) mass is 310 g/mol. The van der Waals surface area contributed by atoms with Gasteiger partial charge in [0.25, 0.3) is 5.91 Å². The minimum absolute atomic E-state index is 0.0944. The molecule has 6 heteroatoms. The van der Waals surface area contributed by atoms with Crippen LogP contribution in [0.1, 0.15) is 19.8 Å². The molecule has 1 amide bonds. The number of nitrogens with one attached hydrogen (secondary N) is 1. The molecule has 0 aliphatic carbocycles. The van der Waals surface area contributed by atoms with E-state index in [1.165, 1.54) is 0 Å². The molecule has 1 heterocycles. The first-order valence-electron chi connectivity index (χ1n) is 7.41. The molecule has 1 aliphatic heterocycles. The van der Waals surface area contributed by atoms with Crippen molar-refractivity contribution in [2.45, 2.75) is 25.8 Å². The number of carbonyl (C=O) groups excluding carboxylic acids is 1. The molecule has 1 atom stereocenters. The summed E-state index contributed by atoms with van der Waals surface area (Å²) in [5, 5.41) is 0.774. The number of nitrogens with two attached hydrogens (primary N) is 1. The summed E-state index contributed by atoms with van der Waals surface area (Å²) >= 11 is 6.24. The average molecular weight is 311 g/mol. The summed E-state index contributed by atoms with van der Waals surface area (Å²) in [4.78, 5) is 16.4. The van der Waals surface area contributed by atoms with Crippen LogP contribution in [0, 0.1) is 0 Å². The highest BCUT2D eigenvalue weighted by molar-refractivity contribution is 6.33. The number of nitrogens with zero attached hydrogens (tertiary/aromatic N) is 2. The van der Waals surface area contributed by atoms with Crippen molar-refractivity contribution < 1.29 is 4.79 Å². The van der Waals surface area contributed by atoms with Crippen molar-refractivity contribution in [3.05, 3.63) is 29.3 Å². The lowest BCUT2D eigenvalue weighted by Gasteiger charge is -2.39. The number of rotatable bonds is 5. The number of anilines is 1. The molecule has 0 bridgehead atoms. The van der Waals surface area contributed by atoms with Crippen molar-refractivity contribution in [3.8, 4) is 0 Å². The number of hydrazine groups is 1. The number of amides is 1. The first kappa shape index (κ1) is 16.1. The Morgan fingerprint density at radius 1 is 1.33 bits per heavy atom. The van der Waals surface area contributed by atoms with Gasteiger partial charge in [0.2, 0.25) is 0 Å². The Balaban J connectivity index is 1.99. The second-order valence-corrected chi connectivity index (χ2v) is 5.69. The van der Waals surface area contributed by atoms with Gasteiger partial charge in [-0.2, -0.15) is 0 Å². The molecular weight excluding hydrogens is 288 g/mol. The minimum atomic E-state index is -0.131. The van der Waals surface area contributed by atoms with E-state index in [-0.39, 0.29) is 11.9 Å². The third kappa shape index (κ3) is 3.87. The maximum absolute atomic E-state index is 11.9. The first-order valence-corrected chi connectivity index (χ1v) is 7.79. The standard InChI is InChI=1S/C15H23ClN4O/c1-2-5-14(15(21)18-17)20-10-8-19(9-11-20)13-7-4-3-6-12(13)16/h3-4,6-7,14H,2,5,8-11,17H2,1H3,(H,18,21). The molecule has 1 fully saturated rings. The zero-order valence-electron chi connectivity index (χ0n) is 12.4. The fraction of sp³-hybridized carbons (Fsp3) is 0.533. The zero-order chi connectivity index (χ0) is 15.2. The van der Waals surface area contributed by atoms with Crippen molar-refractivity contribution in [2.24, 2.45) is 5.84 Å². The van der Waals surface area contributed by atoms with Crippen molar-refractivity contribution >= 4 is 23.2 Å². The van der Waals surface area contributed by atoms with Gasteiger partial charge in [0, 0.05) is 26.2 Å². The van der Waals surface area contributed by atoms with Crippen LogP contribution in [0.3, 0.4) is 0 Å². The highest BCUT2D eigenvalue weighted by Gasteiger charge is 2.28. The quantitative estimate of drug-likeness (QED) is 0.493. The Bertz CT molecular complexity index is 474. The number of halogens is 1. The molecule has 1 unspecified atom stereocenters. The molecule has 116 valence electrons. The molecule has 3 N–H and O–H groups in total. The minimum Gasteiger partial charge on any atom is -0.368 e. The van der Waals surface area contributed by atoms with E-state index < -0.39 is 0 Å². The lowest BCUT2D eigenvalue weighted by atomic mass is 10.1. The summed E-state index contributed by atoms with van der Waals surface area (Å²) in [6.07, 6.45) is 1.79. The lowest BCUT2D eigenvalue weighted by molar-refractivity contribution is -0.127. The molecule has 0 saturated carbocycles. The summed E-state index contributed by atoms with van der Waals surface area (Å²) in [6.45, 7) is 5.48. The summed E-state index contributed by atoms with van der Waals surface area (Å²) < 4.78 is 0. The van der Waals surface area contributed by atoms with E-state index in [2.05, 4.69) is 22.1 Å². The van der Waals surface area contributed by atoms with E-state index in [4.69, 9.17) is 17.4 Å². The van der Waals surface area contributed by atoms with Crippen LogP contribution in [0.4, 0.5) is 5.69 Å². The van der Waals surface area contributed by atoms with Crippen molar-refractivity contribution in [3.63, 3.8) is 0 Å². The summed E-state index contributed by atoms with van der Waals surface area (Å²) in [5.41, 5.74) is 3.35. The van der Waals surface area contributed by atoms with Crippen molar-refractivity contribution in [1.29, 1.82) is 0 Å². The van der Waals surface area contributed by atoms with Crippen molar-refractivity contribution in [1.82, 2.24) is 10.3 Å². The number of piperazine rings is 1. The zero-order valence-corrected chi connectivity index (χ0v) is 13.1. The van der Waals surface area contributed by atoms with Gasteiger partial charge in [0.05, 0.1) is 16.8 Å². The maximum atomic E-state index is 11.9. The van der Waals surface area contributed by atoms with Crippen LogP contribution in [-0.4, -0.2) is 43.0 Å². The largest absolute Gasteiger partial charge is 0.368 e. The van der Waals surface area contributed by atoms with Crippen LogP contribution in [0.2, 0.25) is 5.02 Å². The topological polar surface area (TPSA) is 61.6 Å². The van der Waals surface area contributed by atoms with E-state index in [0.717, 1.165) is 49.7 Å². The second-order valence-electron chi connectivity index (χ2n) is 5.29. The summed E-state index contributed by atoms with van der Waals surface area (Å²) in [7, 11) is 0. The van der Waals surface area contributed by atoms with E-state index in [1.54, 1.807) is 0 Å². The van der Waals surface area contributed by atoms with Crippen LogP contribution in [0.5, 0.6) is 0 Å². The van der Waals surface area contributed by atoms with Gasteiger partial charge in [-0.05, 0) is 18.6 Å². The van der Waals surface area contributed by atoms with Gasteiger partial charge in [0.15, 0.2) is 0 Å². The molecule has 1 aliphatic rings.